The van der Waals surface area contributed by atoms with Gasteiger partial charge in [-0.3, -0.25) is 0 Å². The average molecular weight is 307 g/mol. The van der Waals surface area contributed by atoms with Crippen LogP contribution in [0.15, 0.2) is 11.7 Å². The predicted octanol–water partition coefficient (Wildman–Crippen LogP) is 2.98. The van der Waals surface area contributed by atoms with Crippen molar-refractivity contribution in [3.8, 4) is 0 Å². The fourth-order valence-electron chi connectivity index (χ4n) is 2.27. The van der Waals surface area contributed by atoms with Gasteiger partial charge in [-0.05, 0) is 25.8 Å². The van der Waals surface area contributed by atoms with Crippen molar-refractivity contribution in [2.24, 2.45) is 5.92 Å². The average Bonchev–Trinajstić information content (AvgIpc) is 3.03. The molecule has 2 aromatic heterocycles. The van der Waals surface area contributed by atoms with Crippen molar-refractivity contribution in [3.63, 3.8) is 0 Å². The molecule has 5 nitrogen and oxygen atoms in total. The van der Waals surface area contributed by atoms with Crippen LogP contribution in [0.4, 0.5) is 0 Å². The highest BCUT2D eigenvalue weighted by Gasteiger charge is 2.18. The highest BCUT2D eigenvalue weighted by atomic mass is 32.1. The van der Waals surface area contributed by atoms with Gasteiger partial charge in [0, 0.05) is 18.3 Å². The number of hydrogen-bond acceptors (Lipinski definition) is 5. The van der Waals surface area contributed by atoms with Crippen molar-refractivity contribution < 1.29 is 0 Å². The molecule has 0 bridgehead atoms. The van der Waals surface area contributed by atoms with Gasteiger partial charge in [0.2, 0.25) is 0 Å². The lowest BCUT2D eigenvalue weighted by molar-refractivity contribution is 0.441. The van der Waals surface area contributed by atoms with Crippen LogP contribution in [-0.2, 0) is 13.0 Å². The normalized spacial score (nSPS) is 13.0. The molecular weight excluding hydrogens is 282 g/mol. The summed E-state index contributed by atoms with van der Waals surface area (Å²) in [5, 5.41) is 11.2. The van der Waals surface area contributed by atoms with E-state index in [1.165, 1.54) is 0 Å². The Bertz CT molecular complexity index is 546. The second-order valence-electron chi connectivity index (χ2n) is 5.75. The summed E-state index contributed by atoms with van der Waals surface area (Å²) in [7, 11) is 0. The second-order valence-corrected chi connectivity index (χ2v) is 6.82. The number of rotatable bonds is 8. The summed E-state index contributed by atoms with van der Waals surface area (Å²) in [6, 6.07) is 0.213. The zero-order valence-corrected chi connectivity index (χ0v) is 14.2. The lowest BCUT2D eigenvalue weighted by Gasteiger charge is -2.17. The number of aryl methyl sites for hydroxylation is 1. The van der Waals surface area contributed by atoms with E-state index in [0.717, 1.165) is 42.5 Å². The van der Waals surface area contributed by atoms with Gasteiger partial charge in [-0.2, -0.15) is 5.10 Å². The first kappa shape index (κ1) is 16.1. The Hall–Kier alpha value is -1.27. The summed E-state index contributed by atoms with van der Waals surface area (Å²) in [5.74, 6) is 1.59. The van der Waals surface area contributed by atoms with E-state index in [9.17, 15) is 0 Å². The van der Waals surface area contributed by atoms with Gasteiger partial charge in [0.1, 0.15) is 12.2 Å². The van der Waals surface area contributed by atoms with Crippen LogP contribution in [0.5, 0.6) is 0 Å². The summed E-state index contributed by atoms with van der Waals surface area (Å²) in [4.78, 5) is 9.07. The minimum Gasteiger partial charge on any atom is -0.308 e. The monoisotopic (exact) mass is 307 g/mol. The molecule has 1 atom stereocenters. The molecule has 2 aromatic rings. The van der Waals surface area contributed by atoms with E-state index >= 15 is 0 Å². The van der Waals surface area contributed by atoms with Gasteiger partial charge in [0.25, 0.3) is 0 Å². The van der Waals surface area contributed by atoms with Crippen LogP contribution < -0.4 is 5.32 Å². The Morgan fingerprint density at radius 1 is 1.38 bits per heavy atom. The molecule has 0 fully saturated rings. The first-order valence-electron chi connectivity index (χ1n) is 7.62. The van der Waals surface area contributed by atoms with Crippen LogP contribution in [0.3, 0.4) is 0 Å². The van der Waals surface area contributed by atoms with Crippen LogP contribution in [-0.4, -0.2) is 26.3 Å². The molecule has 0 radical (unpaired) electrons. The van der Waals surface area contributed by atoms with Crippen molar-refractivity contribution in [1.82, 2.24) is 25.1 Å². The summed E-state index contributed by atoms with van der Waals surface area (Å²) >= 11 is 1.70. The molecule has 0 spiro atoms. The van der Waals surface area contributed by atoms with Crippen LogP contribution >= 0.6 is 11.3 Å². The smallest absolute Gasteiger partial charge is 0.138 e. The molecule has 0 aliphatic heterocycles. The number of nitrogens with one attached hydrogen (secondary N) is 1. The molecule has 21 heavy (non-hydrogen) atoms. The molecule has 0 aromatic carbocycles. The van der Waals surface area contributed by atoms with E-state index in [2.05, 4.69) is 46.5 Å². The van der Waals surface area contributed by atoms with Gasteiger partial charge in [0.05, 0.1) is 16.7 Å². The first-order chi connectivity index (χ1) is 10.1. The third-order valence-electron chi connectivity index (χ3n) is 3.26. The van der Waals surface area contributed by atoms with E-state index in [-0.39, 0.29) is 6.04 Å². The fourth-order valence-corrected chi connectivity index (χ4v) is 2.93. The van der Waals surface area contributed by atoms with E-state index in [1.54, 1.807) is 17.7 Å². The van der Waals surface area contributed by atoms with Crippen molar-refractivity contribution >= 4 is 11.3 Å². The SMILES string of the molecule is CCCNC(Cc1ncnn1CC(C)C)c1csc(C)n1. The van der Waals surface area contributed by atoms with Gasteiger partial charge in [0.15, 0.2) is 0 Å². The minimum absolute atomic E-state index is 0.213. The predicted molar refractivity (Wildman–Crippen MR) is 86.4 cm³/mol. The van der Waals surface area contributed by atoms with Crippen molar-refractivity contribution in [2.75, 3.05) is 6.54 Å². The number of nitrogens with zero attached hydrogens (tertiary/aromatic N) is 4. The molecule has 2 heterocycles. The first-order valence-corrected chi connectivity index (χ1v) is 8.50. The number of hydrogen-bond donors (Lipinski definition) is 1. The van der Waals surface area contributed by atoms with E-state index in [0.29, 0.717) is 5.92 Å². The third-order valence-corrected chi connectivity index (χ3v) is 4.05. The van der Waals surface area contributed by atoms with Crippen molar-refractivity contribution in [3.05, 3.63) is 28.2 Å². The molecule has 0 aliphatic carbocycles. The standard InChI is InChI=1S/C15H25N5S/c1-5-6-16-13(14-9-21-12(4)19-14)7-15-17-10-18-20(15)8-11(2)3/h9-11,13,16H,5-8H2,1-4H3. The lowest BCUT2D eigenvalue weighted by atomic mass is 10.1. The molecular formula is C15H25N5S. The molecule has 0 saturated carbocycles. The van der Waals surface area contributed by atoms with Gasteiger partial charge in [-0.1, -0.05) is 20.8 Å². The quantitative estimate of drug-likeness (QED) is 0.814. The molecule has 6 heteroatoms. The Balaban J connectivity index is 2.13. The second kappa shape index (κ2) is 7.66. The molecule has 0 aliphatic rings. The maximum Gasteiger partial charge on any atom is 0.138 e. The maximum atomic E-state index is 4.63. The molecule has 1 N–H and O–H groups in total. The topological polar surface area (TPSA) is 55.6 Å². The van der Waals surface area contributed by atoms with E-state index < -0.39 is 0 Å². The molecule has 2 rings (SSSR count). The highest BCUT2D eigenvalue weighted by Crippen LogP contribution is 2.20. The summed E-state index contributed by atoms with van der Waals surface area (Å²) in [6.07, 6.45) is 3.59. The van der Waals surface area contributed by atoms with Crippen LogP contribution in [0.25, 0.3) is 0 Å². The number of aromatic nitrogens is 4. The van der Waals surface area contributed by atoms with Gasteiger partial charge >= 0.3 is 0 Å². The molecule has 0 amide bonds. The molecule has 0 saturated heterocycles. The summed E-state index contributed by atoms with van der Waals surface area (Å²) in [5.41, 5.74) is 1.12. The van der Waals surface area contributed by atoms with Crippen molar-refractivity contribution in [2.45, 2.75) is 53.1 Å². The Kier molecular flexibility index (Phi) is 5.87. The fraction of sp³-hybridized carbons (Fsp3) is 0.667. The van der Waals surface area contributed by atoms with E-state index in [1.807, 2.05) is 11.6 Å². The Labute approximate surface area is 130 Å². The lowest BCUT2D eigenvalue weighted by Crippen LogP contribution is -2.26. The van der Waals surface area contributed by atoms with Gasteiger partial charge < -0.3 is 5.32 Å². The van der Waals surface area contributed by atoms with Gasteiger partial charge in [-0.25, -0.2) is 14.6 Å². The highest BCUT2D eigenvalue weighted by molar-refractivity contribution is 7.09. The van der Waals surface area contributed by atoms with Gasteiger partial charge in [-0.15, -0.1) is 11.3 Å². The summed E-state index contributed by atoms with van der Waals surface area (Å²) in [6.45, 7) is 10.5. The van der Waals surface area contributed by atoms with E-state index in [4.69, 9.17) is 0 Å². The molecule has 116 valence electrons. The zero-order chi connectivity index (χ0) is 15.2. The number of thiazole rings is 1. The van der Waals surface area contributed by atoms with Crippen LogP contribution in [0, 0.1) is 12.8 Å². The van der Waals surface area contributed by atoms with Crippen LogP contribution in [0.2, 0.25) is 0 Å². The third kappa shape index (κ3) is 4.61. The van der Waals surface area contributed by atoms with Crippen molar-refractivity contribution in [1.29, 1.82) is 0 Å². The maximum absolute atomic E-state index is 4.63. The Morgan fingerprint density at radius 2 is 2.19 bits per heavy atom. The summed E-state index contributed by atoms with van der Waals surface area (Å²) < 4.78 is 2.02. The minimum atomic E-state index is 0.213. The molecule has 1 unspecified atom stereocenters. The zero-order valence-electron chi connectivity index (χ0n) is 13.3. The largest absolute Gasteiger partial charge is 0.308 e. The Morgan fingerprint density at radius 3 is 2.81 bits per heavy atom. The van der Waals surface area contributed by atoms with Crippen LogP contribution in [0.1, 0.15) is 49.8 Å².